The van der Waals surface area contributed by atoms with Crippen LogP contribution in [0.5, 0.6) is 0 Å². The zero-order valence-corrected chi connectivity index (χ0v) is 11.5. The van der Waals surface area contributed by atoms with Crippen LogP contribution >= 0.6 is 23.2 Å². The van der Waals surface area contributed by atoms with Gasteiger partial charge in [-0.3, -0.25) is 11.3 Å². The second-order valence-electron chi connectivity index (χ2n) is 4.18. The quantitative estimate of drug-likeness (QED) is 0.664. The Balaban J connectivity index is 2.29. The predicted octanol–water partition coefficient (Wildman–Crippen LogP) is 3.88. The van der Waals surface area contributed by atoms with E-state index in [1.54, 1.807) is 12.1 Å². The van der Waals surface area contributed by atoms with Crippen LogP contribution in [0.2, 0.25) is 10.0 Å². The van der Waals surface area contributed by atoms with Crippen LogP contribution in [0.4, 0.5) is 4.39 Å². The summed E-state index contributed by atoms with van der Waals surface area (Å²) in [6.07, 6.45) is 0.368. The molecule has 0 aromatic heterocycles. The van der Waals surface area contributed by atoms with Crippen molar-refractivity contribution >= 4 is 23.2 Å². The Kier molecular flexibility index (Phi) is 4.77. The molecule has 100 valence electrons. The van der Waals surface area contributed by atoms with Gasteiger partial charge in [0.1, 0.15) is 5.82 Å². The lowest BCUT2D eigenvalue weighted by Crippen LogP contribution is -2.30. The molecule has 0 amide bonds. The van der Waals surface area contributed by atoms with E-state index in [1.165, 1.54) is 12.1 Å². The van der Waals surface area contributed by atoms with Gasteiger partial charge in [-0.25, -0.2) is 4.39 Å². The molecule has 0 aliphatic heterocycles. The van der Waals surface area contributed by atoms with Crippen molar-refractivity contribution in [2.24, 2.45) is 5.84 Å². The second kappa shape index (κ2) is 6.35. The van der Waals surface area contributed by atoms with Gasteiger partial charge in [-0.05, 0) is 41.8 Å². The van der Waals surface area contributed by atoms with Crippen molar-refractivity contribution in [3.8, 4) is 0 Å². The smallest absolute Gasteiger partial charge is 0.126 e. The van der Waals surface area contributed by atoms with E-state index in [0.717, 1.165) is 5.56 Å². The topological polar surface area (TPSA) is 38.0 Å². The highest BCUT2D eigenvalue weighted by atomic mass is 35.5. The summed E-state index contributed by atoms with van der Waals surface area (Å²) in [4.78, 5) is 0. The first-order valence-corrected chi connectivity index (χ1v) is 6.52. The molecule has 1 unspecified atom stereocenters. The van der Waals surface area contributed by atoms with Crippen molar-refractivity contribution in [2.45, 2.75) is 12.5 Å². The molecular formula is C14H13Cl2FN2. The van der Waals surface area contributed by atoms with Gasteiger partial charge in [0.2, 0.25) is 0 Å². The summed E-state index contributed by atoms with van der Waals surface area (Å²) in [5, 5.41) is 1.08. The van der Waals surface area contributed by atoms with E-state index in [0.29, 0.717) is 22.0 Å². The van der Waals surface area contributed by atoms with Gasteiger partial charge in [0.05, 0.1) is 6.04 Å². The van der Waals surface area contributed by atoms with E-state index < -0.39 is 0 Å². The van der Waals surface area contributed by atoms with Crippen molar-refractivity contribution in [3.63, 3.8) is 0 Å². The molecule has 3 N–H and O–H groups in total. The molecule has 0 heterocycles. The second-order valence-corrected chi connectivity index (χ2v) is 5.02. The largest absolute Gasteiger partial charge is 0.271 e. The molecule has 0 aliphatic rings. The van der Waals surface area contributed by atoms with Gasteiger partial charge in [0.25, 0.3) is 0 Å². The van der Waals surface area contributed by atoms with E-state index in [9.17, 15) is 4.39 Å². The Morgan fingerprint density at radius 1 is 1.16 bits per heavy atom. The molecule has 0 bridgehead atoms. The average molecular weight is 299 g/mol. The number of hydrogen-bond acceptors (Lipinski definition) is 2. The van der Waals surface area contributed by atoms with Crippen molar-refractivity contribution in [1.29, 1.82) is 0 Å². The molecule has 2 aromatic carbocycles. The maximum Gasteiger partial charge on any atom is 0.126 e. The zero-order valence-electron chi connectivity index (χ0n) is 10.0. The van der Waals surface area contributed by atoms with Crippen LogP contribution in [-0.4, -0.2) is 0 Å². The SMILES string of the molecule is NNC(Cc1cc(Cl)ccc1F)c1ccccc1Cl. The van der Waals surface area contributed by atoms with Gasteiger partial charge in [-0.15, -0.1) is 0 Å². The number of benzene rings is 2. The summed E-state index contributed by atoms with van der Waals surface area (Å²) >= 11 is 12.0. The standard InChI is InChI=1S/C14H13Cl2FN2/c15-10-5-6-13(17)9(7-10)8-14(19-18)11-3-1-2-4-12(11)16/h1-7,14,19H,8,18H2. The van der Waals surface area contributed by atoms with Gasteiger partial charge in [0, 0.05) is 10.0 Å². The van der Waals surface area contributed by atoms with Crippen LogP contribution in [0.1, 0.15) is 17.2 Å². The van der Waals surface area contributed by atoms with Gasteiger partial charge >= 0.3 is 0 Å². The monoisotopic (exact) mass is 298 g/mol. The normalized spacial score (nSPS) is 12.4. The van der Waals surface area contributed by atoms with Gasteiger partial charge in [-0.1, -0.05) is 41.4 Å². The lowest BCUT2D eigenvalue weighted by molar-refractivity contribution is 0.529. The summed E-state index contributed by atoms with van der Waals surface area (Å²) in [5.41, 5.74) is 3.98. The van der Waals surface area contributed by atoms with Crippen molar-refractivity contribution in [2.75, 3.05) is 0 Å². The molecule has 2 rings (SSSR count). The molecule has 2 aromatic rings. The number of rotatable bonds is 4. The van der Waals surface area contributed by atoms with E-state index in [-0.39, 0.29) is 11.9 Å². The highest BCUT2D eigenvalue weighted by Crippen LogP contribution is 2.26. The fourth-order valence-corrected chi connectivity index (χ4v) is 2.40. The number of nitrogens with two attached hydrogens (primary N) is 1. The molecular weight excluding hydrogens is 286 g/mol. The van der Waals surface area contributed by atoms with Crippen molar-refractivity contribution < 1.29 is 4.39 Å². The third kappa shape index (κ3) is 3.45. The molecule has 0 spiro atoms. The van der Waals surface area contributed by atoms with E-state index in [2.05, 4.69) is 5.43 Å². The fraction of sp³-hybridized carbons (Fsp3) is 0.143. The number of nitrogens with one attached hydrogen (secondary N) is 1. The number of halogens is 3. The van der Waals surface area contributed by atoms with Crippen LogP contribution in [0.25, 0.3) is 0 Å². The molecule has 5 heteroatoms. The van der Waals surface area contributed by atoms with Gasteiger partial charge in [0.15, 0.2) is 0 Å². The molecule has 0 fully saturated rings. The van der Waals surface area contributed by atoms with Crippen LogP contribution in [-0.2, 0) is 6.42 Å². The van der Waals surface area contributed by atoms with Crippen molar-refractivity contribution in [1.82, 2.24) is 5.43 Å². The third-order valence-electron chi connectivity index (χ3n) is 2.91. The molecule has 2 nitrogen and oxygen atoms in total. The first kappa shape index (κ1) is 14.3. The number of hydrogen-bond donors (Lipinski definition) is 2. The first-order valence-electron chi connectivity index (χ1n) is 5.76. The minimum atomic E-state index is -0.309. The minimum Gasteiger partial charge on any atom is -0.271 e. The lowest BCUT2D eigenvalue weighted by Gasteiger charge is -2.18. The van der Waals surface area contributed by atoms with E-state index >= 15 is 0 Å². The zero-order chi connectivity index (χ0) is 13.8. The maximum absolute atomic E-state index is 13.7. The van der Waals surface area contributed by atoms with Crippen molar-refractivity contribution in [3.05, 3.63) is 69.5 Å². The highest BCUT2D eigenvalue weighted by molar-refractivity contribution is 6.31. The lowest BCUT2D eigenvalue weighted by atomic mass is 9.99. The van der Waals surface area contributed by atoms with Crippen LogP contribution < -0.4 is 11.3 Å². The highest BCUT2D eigenvalue weighted by Gasteiger charge is 2.15. The Bertz CT molecular complexity index is 575. The third-order valence-corrected chi connectivity index (χ3v) is 3.49. The summed E-state index contributed by atoms with van der Waals surface area (Å²) < 4.78 is 13.7. The van der Waals surface area contributed by atoms with Crippen LogP contribution in [0.3, 0.4) is 0 Å². The Morgan fingerprint density at radius 2 is 1.89 bits per heavy atom. The number of hydrazine groups is 1. The summed E-state index contributed by atoms with van der Waals surface area (Å²) in [7, 11) is 0. The fourth-order valence-electron chi connectivity index (χ4n) is 1.94. The summed E-state index contributed by atoms with van der Waals surface area (Å²) in [6, 6.07) is 11.5. The van der Waals surface area contributed by atoms with Gasteiger partial charge in [-0.2, -0.15) is 0 Å². The molecule has 0 aliphatic carbocycles. The molecule has 0 radical (unpaired) electrons. The van der Waals surface area contributed by atoms with Crippen LogP contribution in [0, 0.1) is 5.82 Å². The van der Waals surface area contributed by atoms with E-state index in [4.69, 9.17) is 29.0 Å². The molecule has 0 saturated heterocycles. The van der Waals surface area contributed by atoms with Crippen LogP contribution in [0.15, 0.2) is 42.5 Å². The maximum atomic E-state index is 13.7. The average Bonchev–Trinajstić information content (AvgIpc) is 2.41. The Morgan fingerprint density at radius 3 is 2.58 bits per heavy atom. The predicted molar refractivity (Wildman–Crippen MR) is 76.6 cm³/mol. The summed E-state index contributed by atoms with van der Waals surface area (Å²) in [5.74, 6) is 5.24. The van der Waals surface area contributed by atoms with Gasteiger partial charge < -0.3 is 0 Å². The van der Waals surface area contributed by atoms with E-state index in [1.807, 2.05) is 18.2 Å². The molecule has 19 heavy (non-hydrogen) atoms. The molecule has 0 saturated carbocycles. The Labute approximate surface area is 121 Å². The minimum absolute atomic E-state index is 0.276. The molecule has 1 atom stereocenters. The summed E-state index contributed by atoms with van der Waals surface area (Å²) in [6.45, 7) is 0. The first-order chi connectivity index (χ1) is 9.11. The Hall–Kier alpha value is -1.13.